The number of ether oxygens (including phenoxy) is 1. The van der Waals surface area contributed by atoms with Gasteiger partial charge in [-0.2, -0.15) is 0 Å². The fraction of sp³-hybridized carbons (Fsp3) is 0.182. The van der Waals surface area contributed by atoms with Crippen LogP contribution in [0.2, 0.25) is 0 Å². The van der Waals surface area contributed by atoms with Crippen molar-refractivity contribution >= 4 is 5.71 Å². The summed E-state index contributed by atoms with van der Waals surface area (Å²) in [6.45, 7) is 0.807. The van der Waals surface area contributed by atoms with Gasteiger partial charge in [0.05, 0.1) is 19.4 Å². The Balaban J connectivity index is 2.27. The zero-order valence-electron chi connectivity index (χ0n) is 7.53. The topological polar surface area (TPSA) is 21.6 Å². The number of benzene rings is 1. The summed E-state index contributed by atoms with van der Waals surface area (Å²) in [4.78, 5) is 4.33. The minimum Gasteiger partial charge on any atom is -0.497 e. The van der Waals surface area contributed by atoms with E-state index in [2.05, 4.69) is 11.1 Å². The van der Waals surface area contributed by atoms with Crippen molar-refractivity contribution in [3.05, 3.63) is 42.0 Å². The van der Waals surface area contributed by atoms with Crippen molar-refractivity contribution in [1.29, 1.82) is 0 Å². The predicted molar refractivity (Wildman–Crippen MR) is 53.5 cm³/mol. The van der Waals surface area contributed by atoms with Gasteiger partial charge in [0.15, 0.2) is 0 Å². The van der Waals surface area contributed by atoms with Gasteiger partial charge in [0, 0.05) is 0 Å². The third-order valence-electron chi connectivity index (χ3n) is 2.03. The van der Waals surface area contributed by atoms with Crippen LogP contribution in [-0.4, -0.2) is 19.4 Å². The van der Waals surface area contributed by atoms with E-state index < -0.39 is 0 Å². The van der Waals surface area contributed by atoms with Gasteiger partial charge in [0.25, 0.3) is 0 Å². The highest BCUT2D eigenvalue weighted by Gasteiger charge is 2.02. The third-order valence-corrected chi connectivity index (χ3v) is 2.03. The summed E-state index contributed by atoms with van der Waals surface area (Å²) < 4.78 is 5.07. The van der Waals surface area contributed by atoms with E-state index in [-0.39, 0.29) is 0 Å². The molecule has 0 bridgehead atoms. The maximum atomic E-state index is 5.07. The lowest BCUT2D eigenvalue weighted by Gasteiger charge is -2.01. The smallest absolute Gasteiger partial charge is 0.118 e. The molecule has 0 saturated carbocycles. The molecular formula is C11H11NO. The fourth-order valence-electron chi connectivity index (χ4n) is 1.32. The minimum atomic E-state index is 0.807. The van der Waals surface area contributed by atoms with E-state index in [1.165, 1.54) is 0 Å². The standard InChI is InChI=1S/C11H11NO/c1-13-10-6-4-9(5-7-10)11-3-2-8-12-11/h2-7H,8H2,1H3. The molecule has 1 aromatic carbocycles. The van der Waals surface area contributed by atoms with E-state index in [0.717, 1.165) is 23.6 Å². The number of hydrogen-bond acceptors (Lipinski definition) is 2. The van der Waals surface area contributed by atoms with Crippen LogP contribution in [0.15, 0.2) is 41.4 Å². The number of nitrogens with zero attached hydrogens (tertiary/aromatic N) is 1. The number of allylic oxidation sites excluding steroid dienone is 1. The van der Waals surface area contributed by atoms with Gasteiger partial charge >= 0.3 is 0 Å². The van der Waals surface area contributed by atoms with E-state index in [0.29, 0.717) is 0 Å². The normalized spacial score (nSPS) is 14.4. The molecule has 0 saturated heterocycles. The molecule has 1 heterocycles. The van der Waals surface area contributed by atoms with E-state index in [4.69, 9.17) is 4.74 Å². The van der Waals surface area contributed by atoms with Gasteiger partial charge in [-0.05, 0) is 35.9 Å². The van der Waals surface area contributed by atoms with Crippen molar-refractivity contribution in [2.45, 2.75) is 0 Å². The number of hydrogen-bond donors (Lipinski definition) is 0. The molecule has 0 radical (unpaired) electrons. The van der Waals surface area contributed by atoms with Gasteiger partial charge in [0.2, 0.25) is 0 Å². The van der Waals surface area contributed by atoms with Gasteiger partial charge in [-0.25, -0.2) is 0 Å². The molecule has 0 atom stereocenters. The van der Waals surface area contributed by atoms with Crippen molar-refractivity contribution in [2.75, 3.05) is 13.7 Å². The average molecular weight is 173 g/mol. The molecule has 0 amide bonds. The summed E-state index contributed by atoms with van der Waals surface area (Å²) in [6, 6.07) is 7.94. The first kappa shape index (κ1) is 8.05. The summed E-state index contributed by atoms with van der Waals surface area (Å²) in [7, 11) is 1.67. The second kappa shape index (κ2) is 3.44. The Hall–Kier alpha value is -1.57. The van der Waals surface area contributed by atoms with E-state index >= 15 is 0 Å². The van der Waals surface area contributed by atoms with Crippen molar-refractivity contribution < 1.29 is 4.74 Å². The van der Waals surface area contributed by atoms with E-state index in [1.807, 2.05) is 30.3 Å². The molecule has 0 fully saturated rings. The van der Waals surface area contributed by atoms with Crippen molar-refractivity contribution in [3.8, 4) is 5.75 Å². The van der Waals surface area contributed by atoms with Crippen LogP contribution >= 0.6 is 0 Å². The van der Waals surface area contributed by atoms with Crippen LogP contribution in [-0.2, 0) is 0 Å². The Labute approximate surface area is 77.6 Å². The average Bonchev–Trinajstić information content (AvgIpc) is 2.71. The first-order valence-corrected chi connectivity index (χ1v) is 4.25. The quantitative estimate of drug-likeness (QED) is 0.670. The molecule has 2 nitrogen and oxygen atoms in total. The zero-order valence-corrected chi connectivity index (χ0v) is 7.53. The highest BCUT2D eigenvalue weighted by molar-refractivity contribution is 6.09. The lowest BCUT2D eigenvalue weighted by atomic mass is 10.1. The summed E-state index contributed by atoms with van der Waals surface area (Å²) in [6.07, 6.45) is 4.10. The van der Waals surface area contributed by atoms with Gasteiger partial charge in [-0.15, -0.1) is 0 Å². The number of methoxy groups -OCH3 is 1. The summed E-state index contributed by atoms with van der Waals surface area (Å²) in [5, 5.41) is 0. The maximum Gasteiger partial charge on any atom is 0.118 e. The summed E-state index contributed by atoms with van der Waals surface area (Å²) in [5.74, 6) is 0.881. The summed E-state index contributed by atoms with van der Waals surface area (Å²) >= 11 is 0. The molecule has 13 heavy (non-hydrogen) atoms. The molecule has 66 valence electrons. The second-order valence-corrected chi connectivity index (χ2v) is 2.86. The van der Waals surface area contributed by atoms with E-state index in [1.54, 1.807) is 7.11 Å². The first-order chi connectivity index (χ1) is 6.40. The van der Waals surface area contributed by atoms with Crippen LogP contribution in [0.25, 0.3) is 0 Å². The molecule has 2 rings (SSSR count). The fourth-order valence-corrected chi connectivity index (χ4v) is 1.32. The Morgan fingerprint density at radius 2 is 2.00 bits per heavy atom. The predicted octanol–water partition coefficient (Wildman–Crippen LogP) is 2.05. The third kappa shape index (κ3) is 1.61. The van der Waals surface area contributed by atoms with Crippen LogP contribution in [0.3, 0.4) is 0 Å². The van der Waals surface area contributed by atoms with Crippen molar-refractivity contribution in [2.24, 2.45) is 4.99 Å². The molecule has 1 aromatic rings. The minimum absolute atomic E-state index is 0.807. The van der Waals surface area contributed by atoms with Gasteiger partial charge in [-0.3, -0.25) is 4.99 Å². The lowest BCUT2D eigenvalue weighted by molar-refractivity contribution is 0.415. The van der Waals surface area contributed by atoms with Crippen LogP contribution in [0.1, 0.15) is 5.56 Å². The van der Waals surface area contributed by atoms with Crippen molar-refractivity contribution in [1.82, 2.24) is 0 Å². The molecule has 0 unspecified atom stereocenters. The highest BCUT2D eigenvalue weighted by atomic mass is 16.5. The Kier molecular flexibility index (Phi) is 2.13. The van der Waals surface area contributed by atoms with Gasteiger partial charge in [-0.1, -0.05) is 6.08 Å². The Morgan fingerprint density at radius 3 is 2.54 bits per heavy atom. The molecule has 1 aliphatic rings. The van der Waals surface area contributed by atoms with Gasteiger partial charge in [0.1, 0.15) is 5.75 Å². The van der Waals surface area contributed by atoms with Crippen molar-refractivity contribution in [3.63, 3.8) is 0 Å². The first-order valence-electron chi connectivity index (χ1n) is 4.25. The maximum absolute atomic E-state index is 5.07. The molecule has 2 heteroatoms. The monoisotopic (exact) mass is 173 g/mol. The molecule has 0 N–H and O–H groups in total. The molecule has 0 aromatic heterocycles. The number of aliphatic imine (C=N–C) groups is 1. The van der Waals surface area contributed by atoms with Crippen LogP contribution in [0.4, 0.5) is 0 Å². The molecule has 1 aliphatic heterocycles. The lowest BCUT2D eigenvalue weighted by Crippen LogP contribution is -1.93. The Morgan fingerprint density at radius 1 is 1.23 bits per heavy atom. The second-order valence-electron chi connectivity index (χ2n) is 2.86. The molecular weight excluding hydrogens is 162 g/mol. The van der Waals surface area contributed by atoms with Crippen LogP contribution in [0.5, 0.6) is 5.75 Å². The summed E-state index contributed by atoms with van der Waals surface area (Å²) in [5.41, 5.74) is 2.21. The number of rotatable bonds is 2. The molecule has 0 aliphatic carbocycles. The van der Waals surface area contributed by atoms with Gasteiger partial charge < -0.3 is 4.74 Å². The SMILES string of the molecule is COc1ccc(C2=NCC=C2)cc1. The van der Waals surface area contributed by atoms with Crippen LogP contribution in [0, 0.1) is 0 Å². The van der Waals surface area contributed by atoms with Crippen LogP contribution < -0.4 is 4.74 Å². The zero-order chi connectivity index (χ0) is 9.10. The molecule has 0 spiro atoms. The largest absolute Gasteiger partial charge is 0.497 e. The van der Waals surface area contributed by atoms with E-state index in [9.17, 15) is 0 Å². The Bertz CT molecular complexity index is 349. The highest BCUT2D eigenvalue weighted by Crippen LogP contribution is 2.13.